The van der Waals surface area contributed by atoms with Gasteiger partial charge in [-0.1, -0.05) is 49.4 Å². The van der Waals surface area contributed by atoms with E-state index in [1.54, 1.807) is 27.8 Å². The van der Waals surface area contributed by atoms with Crippen molar-refractivity contribution in [2.45, 2.75) is 59.0 Å². The highest BCUT2D eigenvalue weighted by Crippen LogP contribution is 2.24. The molecule has 208 valence electrons. The minimum absolute atomic E-state index is 0.161. The molecule has 0 radical (unpaired) electrons. The zero-order valence-corrected chi connectivity index (χ0v) is 23.5. The van der Waals surface area contributed by atoms with Crippen molar-refractivity contribution in [2.75, 3.05) is 25.2 Å². The molecule has 3 amide bonds. The van der Waals surface area contributed by atoms with E-state index in [1.165, 1.54) is 10.0 Å². The summed E-state index contributed by atoms with van der Waals surface area (Å²) in [6.45, 7) is 7.89. The highest BCUT2D eigenvalue weighted by molar-refractivity contribution is 5.97. The highest BCUT2D eigenvalue weighted by atomic mass is 16.6. The Balaban J connectivity index is 1.63. The van der Waals surface area contributed by atoms with Crippen molar-refractivity contribution in [3.63, 3.8) is 0 Å². The first kappa shape index (κ1) is 29.5. The van der Waals surface area contributed by atoms with E-state index in [0.717, 1.165) is 22.8 Å². The quantitative estimate of drug-likeness (QED) is 0.246. The van der Waals surface area contributed by atoms with Gasteiger partial charge in [-0.2, -0.15) is 0 Å². The number of fused-ring (bicyclic) bond motifs is 1. The number of nitrogens with zero attached hydrogens (tertiary/aromatic N) is 2. The van der Waals surface area contributed by atoms with E-state index in [0.29, 0.717) is 37.4 Å². The van der Waals surface area contributed by atoms with Crippen LogP contribution in [0.3, 0.4) is 0 Å². The fourth-order valence-electron chi connectivity index (χ4n) is 4.12. The van der Waals surface area contributed by atoms with Crippen molar-refractivity contribution in [1.29, 1.82) is 0 Å². The van der Waals surface area contributed by atoms with Crippen molar-refractivity contribution in [1.82, 2.24) is 10.3 Å². The molecule has 0 saturated carbocycles. The number of rotatable bonds is 11. The van der Waals surface area contributed by atoms with Crippen LogP contribution in [0.15, 0.2) is 66.7 Å². The number of carbonyl (C=O) groups excluding carboxylic acids is 3. The van der Waals surface area contributed by atoms with Gasteiger partial charge >= 0.3 is 12.0 Å². The molecule has 0 spiro atoms. The molecule has 3 rings (SSSR count). The predicted octanol–water partition coefficient (Wildman–Crippen LogP) is 5.88. The topological polar surface area (TPSA) is 88.2 Å². The molecule has 8 heteroatoms. The summed E-state index contributed by atoms with van der Waals surface area (Å²) < 4.78 is 10.9. The molecule has 0 aliphatic carbocycles. The number of anilines is 1. The van der Waals surface area contributed by atoms with E-state index < -0.39 is 11.6 Å². The average molecular weight is 534 g/mol. The van der Waals surface area contributed by atoms with Gasteiger partial charge in [0.15, 0.2) is 5.60 Å². The van der Waals surface area contributed by atoms with Gasteiger partial charge in [0.25, 0.3) is 0 Å². The Morgan fingerprint density at radius 1 is 0.923 bits per heavy atom. The molecule has 8 nitrogen and oxygen atoms in total. The van der Waals surface area contributed by atoms with Crippen LogP contribution in [-0.2, 0) is 20.7 Å². The first-order valence-corrected chi connectivity index (χ1v) is 13.4. The molecule has 0 atom stereocenters. The summed E-state index contributed by atoms with van der Waals surface area (Å²) in [6, 6.07) is 20.7. The Morgan fingerprint density at radius 2 is 1.62 bits per heavy atom. The maximum Gasteiger partial charge on any atom is 0.349 e. The summed E-state index contributed by atoms with van der Waals surface area (Å²) in [7, 11) is 1.63. The molecule has 1 N–H and O–H groups in total. The van der Waals surface area contributed by atoms with Crippen LogP contribution in [0.25, 0.3) is 10.8 Å². The van der Waals surface area contributed by atoms with Gasteiger partial charge in [-0.05, 0) is 80.6 Å². The van der Waals surface area contributed by atoms with Crippen LogP contribution in [0.1, 0.15) is 52.5 Å². The fraction of sp³-hybridized carbons (Fsp3) is 0.387. The number of hydrogen-bond acceptors (Lipinski definition) is 5. The first-order valence-electron chi connectivity index (χ1n) is 13.4. The number of hydrazine groups is 1. The number of ether oxygens (including phenoxy) is 2. The number of hydrogen-bond donors (Lipinski definition) is 1. The molecule has 0 aromatic heterocycles. The second kappa shape index (κ2) is 13.6. The third-order valence-electron chi connectivity index (χ3n) is 6.28. The van der Waals surface area contributed by atoms with Crippen molar-refractivity contribution >= 4 is 34.4 Å². The van der Waals surface area contributed by atoms with Crippen LogP contribution in [-0.4, -0.2) is 48.7 Å². The lowest BCUT2D eigenvalue weighted by Gasteiger charge is -2.32. The van der Waals surface area contributed by atoms with Gasteiger partial charge in [-0.25, -0.2) is 19.6 Å². The highest BCUT2D eigenvalue weighted by Gasteiger charge is 2.31. The lowest BCUT2D eigenvalue weighted by molar-refractivity contribution is -0.158. The molecule has 0 aliphatic rings. The van der Waals surface area contributed by atoms with Crippen LogP contribution in [0, 0.1) is 0 Å². The van der Waals surface area contributed by atoms with Crippen LogP contribution in [0.2, 0.25) is 0 Å². The van der Waals surface area contributed by atoms with Crippen LogP contribution < -0.4 is 15.1 Å². The van der Waals surface area contributed by atoms with Gasteiger partial charge in [0, 0.05) is 20.0 Å². The van der Waals surface area contributed by atoms with Crippen LogP contribution >= 0.6 is 0 Å². The number of benzene rings is 3. The monoisotopic (exact) mass is 533 g/mol. The van der Waals surface area contributed by atoms with E-state index >= 15 is 0 Å². The SMILES string of the molecule is CCCNC(=O)N(c1ccc2ccccc2c1)N(C)C(=O)CCCc1ccc(OC(C)(C)C(=O)OCC)cc1. The minimum Gasteiger partial charge on any atom is -0.476 e. The molecule has 0 bridgehead atoms. The zero-order valence-electron chi connectivity index (χ0n) is 23.5. The maximum atomic E-state index is 13.2. The maximum absolute atomic E-state index is 13.2. The number of nitrogens with one attached hydrogen (secondary N) is 1. The summed E-state index contributed by atoms with van der Waals surface area (Å²) in [5.74, 6) is -0.0134. The van der Waals surface area contributed by atoms with Gasteiger partial charge in [-0.15, -0.1) is 0 Å². The predicted molar refractivity (Wildman–Crippen MR) is 154 cm³/mol. The average Bonchev–Trinajstić information content (AvgIpc) is 2.92. The van der Waals surface area contributed by atoms with Gasteiger partial charge < -0.3 is 14.8 Å². The molecule has 0 unspecified atom stereocenters. The molecular weight excluding hydrogens is 494 g/mol. The van der Waals surface area contributed by atoms with Gasteiger partial charge in [0.1, 0.15) is 5.75 Å². The second-order valence-corrected chi connectivity index (χ2v) is 9.82. The molecule has 0 aliphatic heterocycles. The van der Waals surface area contributed by atoms with Crippen LogP contribution in [0.4, 0.5) is 10.5 Å². The van der Waals surface area contributed by atoms with E-state index in [-0.39, 0.29) is 18.4 Å². The molecule has 0 heterocycles. The lowest BCUT2D eigenvalue weighted by Crippen LogP contribution is -2.52. The molecule has 0 fully saturated rings. The number of urea groups is 1. The lowest BCUT2D eigenvalue weighted by atomic mass is 10.1. The standard InChI is InChI=1S/C31H39N3O5/c1-6-21-32-30(37)34(26-18-17-24-12-8-9-13-25(24)22-26)33(5)28(35)14-10-11-23-15-19-27(20-16-23)39-31(3,4)29(36)38-7-2/h8-9,12-13,15-20,22H,6-7,10-11,14,21H2,1-5H3,(H,32,37). The van der Waals surface area contributed by atoms with E-state index in [2.05, 4.69) is 5.32 Å². The molecule has 0 saturated heterocycles. The Bertz CT molecular complexity index is 1270. The molecular formula is C31H39N3O5. The largest absolute Gasteiger partial charge is 0.476 e. The summed E-state index contributed by atoms with van der Waals surface area (Å²) in [6.07, 6.45) is 2.36. The molecule has 3 aromatic carbocycles. The van der Waals surface area contributed by atoms with Crippen LogP contribution in [0.5, 0.6) is 5.75 Å². The smallest absolute Gasteiger partial charge is 0.349 e. The minimum atomic E-state index is -1.09. The molecule has 39 heavy (non-hydrogen) atoms. The number of aryl methyl sites for hydroxylation is 1. The summed E-state index contributed by atoms with van der Waals surface area (Å²) in [5, 5.41) is 7.73. The summed E-state index contributed by atoms with van der Waals surface area (Å²) in [4.78, 5) is 38.3. The third-order valence-corrected chi connectivity index (χ3v) is 6.28. The van der Waals surface area contributed by atoms with Gasteiger partial charge in [-0.3, -0.25) is 4.79 Å². The van der Waals surface area contributed by atoms with E-state index in [4.69, 9.17) is 9.47 Å². The Hall–Kier alpha value is -4.07. The van der Waals surface area contributed by atoms with Crippen molar-refractivity contribution in [3.8, 4) is 5.75 Å². The Kier molecular flexibility index (Phi) is 10.3. The molecule has 3 aromatic rings. The Labute approximate surface area is 230 Å². The number of carbonyl (C=O) groups is 3. The number of esters is 1. The van der Waals surface area contributed by atoms with Gasteiger partial charge in [0.2, 0.25) is 5.91 Å². The first-order chi connectivity index (χ1) is 18.7. The normalized spacial score (nSPS) is 11.1. The second-order valence-electron chi connectivity index (χ2n) is 9.82. The third kappa shape index (κ3) is 7.96. The summed E-state index contributed by atoms with van der Waals surface area (Å²) >= 11 is 0. The van der Waals surface area contributed by atoms with E-state index in [1.807, 2.05) is 73.7 Å². The van der Waals surface area contributed by atoms with Crippen molar-refractivity contribution < 1.29 is 23.9 Å². The van der Waals surface area contributed by atoms with E-state index in [9.17, 15) is 14.4 Å². The Morgan fingerprint density at radius 3 is 2.28 bits per heavy atom. The summed E-state index contributed by atoms with van der Waals surface area (Å²) in [5.41, 5.74) is 0.577. The van der Waals surface area contributed by atoms with Crippen molar-refractivity contribution in [3.05, 3.63) is 72.3 Å². The zero-order chi connectivity index (χ0) is 28.4. The number of amides is 3. The fourth-order valence-corrected chi connectivity index (χ4v) is 4.12. The van der Waals surface area contributed by atoms with Gasteiger partial charge in [0.05, 0.1) is 12.3 Å². The van der Waals surface area contributed by atoms with Crippen molar-refractivity contribution in [2.24, 2.45) is 0 Å².